The molecule has 104 valence electrons. The molecule has 0 fully saturated rings. The molecule has 0 radical (unpaired) electrons. The van der Waals surface area contributed by atoms with Crippen LogP contribution in [-0.4, -0.2) is 5.78 Å². The Kier molecular flexibility index (Phi) is 4.58. The highest BCUT2D eigenvalue weighted by atomic mass is 19.1. The minimum atomic E-state index is -0.689. The number of rotatable bonds is 5. The molecule has 4 heteroatoms. The van der Waals surface area contributed by atoms with Gasteiger partial charge in [-0.2, -0.15) is 0 Å². The van der Waals surface area contributed by atoms with E-state index in [0.29, 0.717) is 6.54 Å². The Bertz CT molecular complexity index is 626. The van der Waals surface area contributed by atoms with Crippen molar-refractivity contribution in [2.24, 2.45) is 5.73 Å². The lowest BCUT2D eigenvalue weighted by Gasteiger charge is -2.07. The molecular formula is C16H15F2NO. The van der Waals surface area contributed by atoms with Crippen LogP contribution in [0.3, 0.4) is 0 Å². The number of Topliss-reactive ketones (excluding diaryl/α,β-unsaturated/α-hetero) is 1. The van der Waals surface area contributed by atoms with Crippen LogP contribution in [-0.2, 0) is 24.2 Å². The summed E-state index contributed by atoms with van der Waals surface area (Å²) in [4.78, 5) is 12.0. The molecule has 0 aliphatic carbocycles. The third kappa shape index (κ3) is 3.48. The highest BCUT2D eigenvalue weighted by Crippen LogP contribution is 2.14. The Balaban J connectivity index is 2.09. The molecule has 0 atom stereocenters. The quantitative estimate of drug-likeness (QED) is 0.911. The van der Waals surface area contributed by atoms with Gasteiger partial charge >= 0.3 is 0 Å². The number of nitrogens with two attached hydrogens (primary N) is 1. The molecule has 0 heterocycles. The monoisotopic (exact) mass is 275 g/mol. The summed E-state index contributed by atoms with van der Waals surface area (Å²) in [7, 11) is 0. The molecule has 2 nitrogen and oxygen atoms in total. The van der Waals surface area contributed by atoms with Crippen LogP contribution in [0.15, 0.2) is 42.5 Å². The number of ketones is 1. The van der Waals surface area contributed by atoms with Gasteiger partial charge < -0.3 is 5.73 Å². The number of hydrogen-bond acceptors (Lipinski definition) is 2. The first-order valence-corrected chi connectivity index (χ1v) is 6.32. The summed E-state index contributed by atoms with van der Waals surface area (Å²) in [6.45, 7) is 0.356. The average Bonchev–Trinajstić information content (AvgIpc) is 2.42. The highest BCUT2D eigenvalue weighted by Gasteiger charge is 2.11. The zero-order chi connectivity index (χ0) is 14.5. The van der Waals surface area contributed by atoms with Gasteiger partial charge in [0.2, 0.25) is 0 Å². The summed E-state index contributed by atoms with van der Waals surface area (Å²) in [5.41, 5.74) is 7.57. The lowest BCUT2D eigenvalue weighted by Crippen LogP contribution is -2.11. The maximum atomic E-state index is 13.5. The van der Waals surface area contributed by atoms with Crippen LogP contribution in [0.2, 0.25) is 0 Å². The fourth-order valence-electron chi connectivity index (χ4n) is 2.08. The number of hydrogen-bond donors (Lipinski definition) is 1. The molecule has 2 N–H and O–H groups in total. The van der Waals surface area contributed by atoms with Gasteiger partial charge in [0, 0.05) is 25.5 Å². The molecule has 0 spiro atoms. The van der Waals surface area contributed by atoms with Crippen molar-refractivity contribution in [1.29, 1.82) is 0 Å². The molecule has 0 aliphatic rings. The van der Waals surface area contributed by atoms with Crippen LogP contribution in [0.5, 0.6) is 0 Å². The largest absolute Gasteiger partial charge is 0.326 e. The molecule has 0 saturated carbocycles. The predicted molar refractivity (Wildman–Crippen MR) is 73.1 cm³/mol. The van der Waals surface area contributed by atoms with Crippen LogP contribution < -0.4 is 5.73 Å². The van der Waals surface area contributed by atoms with Crippen LogP contribution in [0, 0.1) is 11.6 Å². The lowest BCUT2D eigenvalue weighted by molar-refractivity contribution is -0.117. The van der Waals surface area contributed by atoms with Crippen LogP contribution >= 0.6 is 0 Å². The summed E-state index contributed by atoms with van der Waals surface area (Å²) in [5, 5.41) is 0. The van der Waals surface area contributed by atoms with E-state index in [1.807, 2.05) is 24.3 Å². The lowest BCUT2D eigenvalue weighted by atomic mass is 9.98. The second-order valence-corrected chi connectivity index (χ2v) is 4.60. The normalized spacial score (nSPS) is 10.6. The SMILES string of the molecule is NCc1ccccc1CC(=O)Cc1ccc(F)cc1F. The van der Waals surface area contributed by atoms with Gasteiger partial charge in [0.25, 0.3) is 0 Å². The van der Waals surface area contributed by atoms with E-state index in [4.69, 9.17) is 5.73 Å². The van der Waals surface area contributed by atoms with Crippen molar-refractivity contribution in [1.82, 2.24) is 0 Å². The first-order chi connectivity index (χ1) is 9.60. The average molecular weight is 275 g/mol. The number of benzene rings is 2. The third-order valence-electron chi connectivity index (χ3n) is 3.13. The second kappa shape index (κ2) is 6.39. The van der Waals surface area contributed by atoms with Gasteiger partial charge in [-0.25, -0.2) is 8.78 Å². The van der Waals surface area contributed by atoms with Crippen molar-refractivity contribution < 1.29 is 13.6 Å². The Morgan fingerprint density at radius 1 is 0.950 bits per heavy atom. The molecule has 20 heavy (non-hydrogen) atoms. The first kappa shape index (κ1) is 14.3. The van der Waals surface area contributed by atoms with Crippen LogP contribution in [0.25, 0.3) is 0 Å². The molecule has 0 aliphatic heterocycles. The van der Waals surface area contributed by atoms with E-state index in [1.165, 1.54) is 6.07 Å². The Hall–Kier alpha value is -2.07. The second-order valence-electron chi connectivity index (χ2n) is 4.60. The summed E-state index contributed by atoms with van der Waals surface area (Å²) in [6, 6.07) is 10.6. The van der Waals surface area contributed by atoms with Crippen molar-refractivity contribution in [2.45, 2.75) is 19.4 Å². The van der Waals surface area contributed by atoms with Gasteiger partial charge in [-0.05, 0) is 22.8 Å². The van der Waals surface area contributed by atoms with Crippen LogP contribution in [0.4, 0.5) is 8.78 Å². The van der Waals surface area contributed by atoms with Crippen molar-refractivity contribution in [3.63, 3.8) is 0 Å². The van der Waals surface area contributed by atoms with E-state index in [2.05, 4.69) is 0 Å². The molecule has 0 saturated heterocycles. The van der Waals surface area contributed by atoms with Gasteiger partial charge in [0.1, 0.15) is 17.4 Å². The standard InChI is InChI=1S/C16H15F2NO/c17-14-6-5-12(16(18)9-14)8-15(20)7-11-3-1-2-4-13(11)10-19/h1-6,9H,7-8,10,19H2. The van der Waals surface area contributed by atoms with Crippen molar-refractivity contribution >= 4 is 5.78 Å². The smallest absolute Gasteiger partial charge is 0.141 e. The molecule has 0 amide bonds. The van der Waals surface area contributed by atoms with Crippen molar-refractivity contribution in [3.8, 4) is 0 Å². The Labute approximate surface area is 116 Å². The summed E-state index contributed by atoms with van der Waals surface area (Å²) in [6.07, 6.45) is 0.148. The zero-order valence-corrected chi connectivity index (χ0v) is 10.9. The van der Waals surface area contributed by atoms with E-state index >= 15 is 0 Å². The maximum Gasteiger partial charge on any atom is 0.141 e. The Morgan fingerprint density at radius 3 is 2.25 bits per heavy atom. The first-order valence-electron chi connectivity index (χ1n) is 6.32. The summed E-state index contributed by atoms with van der Waals surface area (Å²) in [5.74, 6) is -1.46. The molecule has 2 rings (SSSR count). The Morgan fingerprint density at radius 2 is 1.60 bits per heavy atom. The van der Waals surface area contributed by atoms with Gasteiger partial charge in [-0.15, -0.1) is 0 Å². The van der Waals surface area contributed by atoms with Crippen molar-refractivity contribution in [2.75, 3.05) is 0 Å². The molecular weight excluding hydrogens is 260 g/mol. The molecule has 2 aromatic carbocycles. The van der Waals surface area contributed by atoms with Crippen molar-refractivity contribution in [3.05, 3.63) is 70.8 Å². The molecule has 0 bridgehead atoms. The fraction of sp³-hybridized carbons (Fsp3) is 0.188. The van der Waals surface area contributed by atoms with Gasteiger partial charge in [0.15, 0.2) is 0 Å². The fourth-order valence-corrected chi connectivity index (χ4v) is 2.08. The van der Waals surface area contributed by atoms with E-state index in [1.54, 1.807) is 0 Å². The van der Waals surface area contributed by atoms with Gasteiger partial charge in [0.05, 0.1) is 0 Å². The number of carbonyl (C=O) groups excluding carboxylic acids is 1. The summed E-state index contributed by atoms with van der Waals surface area (Å²) >= 11 is 0. The third-order valence-corrected chi connectivity index (χ3v) is 3.13. The zero-order valence-electron chi connectivity index (χ0n) is 10.9. The molecule has 0 unspecified atom stereocenters. The molecule has 0 aromatic heterocycles. The topological polar surface area (TPSA) is 43.1 Å². The van der Waals surface area contributed by atoms with E-state index in [0.717, 1.165) is 23.3 Å². The molecule has 2 aromatic rings. The summed E-state index contributed by atoms with van der Waals surface area (Å²) < 4.78 is 26.3. The van der Waals surface area contributed by atoms with E-state index < -0.39 is 11.6 Å². The van der Waals surface area contributed by atoms with Gasteiger partial charge in [-0.3, -0.25) is 4.79 Å². The minimum Gasteiger partial charge on any atom is -0.326 e. The number of halogens is 2. The predicted octanol–water partition coefficient (Wildman–Crippen LogP) is 2.78. The van der Waals surface area contributed by atoms with E-state index in [9.17, 15) is 13.6 Å². The van der Waals surface area contributed by atoms with Gasteiger partial charge in [-0.1, -0.05) is 30.3 Å². The maximum absolute atomic E-state index is 13.5. The number of carbonyl (C=O) groups is 1. The van der Waals surface area contributed by atoms with Crippen LogP contribution in [0.1, 0.15) is 16.7 Å². The minimum absolute atomic E-state index is 0.0506. The highest BCUT2D eigenvalue weighted by molar-refractivity contribution is 5.83. The van der Waals surface area contributed by atoms with E-state index in [-0.39, 0.29) is 24.2 Å².